The molecule has 1 heterocycles. The summed E-state index contributed by atoms with van der Waals surface area (Å²) >= 11 is 0. The fourth-order valence-electron chi connectivity index (χ4n) is 1.47. The molecule has 0 radical (unpaired) electrons. The smallest absolute Gasteiger partial charge is 0.133 e. The zero-order chi connectivity index (χ0) is 11.5. The fraction of sp³-hybridized carbons (Fsp3) is 0.167. The number of hydrogen-bond acceptors (Lipinski definition) is 3. The molecule has 1 N–H and O–H groups in total. The molecule has 2 rings (SSSR count). The first kappa shape index (κ1) is 10.7. The second kappa shape index (κ2) is 4.37. The first-order chi connectivity index (χ1) is 7.72. The number of benzene rings is 1. The van der Waals surface area contributed by atoms with Gasteiger partial charge in [-0.15, -0.1) is 0 Å². The molecule has 1 aromatic carbocycles. The van der Waals surface area contributed by atoms with E-state index in [0.29, 0.717) is 11.3 Å². The summed E-state index contributed by atoms with van der Waals surface area (Å²) < 4.78 is 23.3. The van der Waals surface area contributed by atoms with Crippen molar-refractivity contribution in [2.45, 2.75) is 6.10 Å². The second-order valence-electron chi connectivity index (χ2n) is 3.35. The molecule has 0 saturated heterocycles. The van der Waals surface area contributed by atoms with Gasteiger partial charge < -0.3 is 14.3 Å². The van der Waals surface area contributed by atoms with Gasteiger partial charge in [-0.3, -0.25) is 0 Å². The third-order valence-corrected chi connectivity index (χ3v) is 2.36. The summed E-state index contributed by atoms with van der Waals surface area (Å²) in [4.78, 5) is 0. The van der Waals surface area contributed by atoms with Crippen molar-refractivity contribution >= 4 is 0 Å². The van der Waals surface area contributed by atoms with Gasteiger partial charge in [-0.2, -0.15) is 0 Å². The predicted octanol–water partition coefficient (Wildman–Crippen LogP) is 2.51. The lowest BCUT2D eigenvalue weighted by Crippen LogP contribution is -2.01. The molecule has 0 aliphatic carbocycles. The number of aliphatic hydroxyl groups is 1. The van der Waals surface area contributed by atoms with Crippen LogP contribution in [-0.2, 0) is 0 Å². The van der Waals surface area contributed by atoms with Gasteiger partial charge in [0, 0.05) is 17.2 Å². The van der Waals surface area contributed by atoms with Gasteiger partial charge >= 0.3 is 0 Å². The normalized spacial score (nSPS) is 12.4. The quantitative estimate of drug-likeness (QED) is 0.867. The maximum atomic E-state index is 13.6. The standard InChI is InChI=1S/C12H11FO3/c1-15-9-2-3-10(11(13)6-9)12(14)8-4-5-16-7-8/h2-7,12,14H,1H3. The Morgan fingerprint density at radius 1 is 1.38 bits per heavy atom. The van der Waals surface area contributed by atoms with Crippen LogP contribution in [0, 0.1) is 5.82 Å². The summed E-state index contributed by atoms with van der Waals surface area (Å²) in [5, 5.41) is 9.88. The van der Waals surface area contributed by atoms with E-state index >= 15 is 0 Å². The van der Waals surface area contributed by atoms with Gasteiger partial charge in [-0.1, -0.05) is 0 Å². The number of ether oxygens (including phenoxy) is 1. The molecule has 0 aliphatic rings. The summed E-state index contributed by atoms with van der Waals surface area (Å²) in [6.45, 7) is 0. The monoisotopic (exact) mass is 222 g/mol. The second-order valence-corrected chi connectivity index (χ2v) is 3.35. The summed E-state index contributed by atoms with van der Waals surface area (Å²) in [6.07, 6.45) is 1.79. The van der Waals surface area contributed by atoms with Crippen molar-refractivity contribution in [3.63, 3.8) is 0 Å². The van der Waals surface area contributed by atoms with Crippen molar-refractivity contribution in [2.75, 3.05) is 7.11 Å². The van der Waals surface area contributed by atoms with E-state index in [1.54, 1.807) is 12.1 Å². The molecular formula is C12H11FO3. The Morgan fingerprint density at radius 3 is 2.75 bits per heavy atom. The SMILES string of the molecule is COc1ccc(C(O)c2ccoc2)c(F)c1. The summed E-state index contributed by atoms with van der Waals surface area (Å²) in [7, 11) is 1.46. The van der Waals surface area contributed by atoms with Crippen molar-refractivity contribution in [2.24, 2.45) is 0 Å². The Bertz CT molecular complexity index is 465. The maximum absolute atomic E-state index is 13.6. The lowest BCUT2D eigenvalue weighted by Gasteiger charge is -2.10. The first-order valence-electron chi connectivity index (χ1n) is 4.76. The number of halogens is 1. The predicted molar refractivity (Wildman–Crippen MR) is 55.7 cm³/mol. The van der Waals surface area contributed by atoms with Crippen molar-refractivity contribution in [1.82, 2.24) is 0 Å². The van der Waals surface area contributed by atoms with Gasteiger partial charge in [0.25, 0.3) is 0 Å². The van der Waals surface area contributed by atoms with E-state index in [-0.39, 0.29) is 5.56 Å². The van der Waals surface area contributed by atoms with E-state index in [4.69, 9.17) is 9.15 Å². The minimum absolute atomic E-state index is 0.196. The molecule has 0 spiro atoms. The Labute approximate surface area is 92.1 Å². The molecule has 1 aromatic heterocycles. The first-order valence-corrected chi connectivity index (χ1v) is 4.76. The van der Waals surface area contributed by atoms with E-state index in [0.717, 1.165) is 0 Å². The van der Waals surface area contributed by atoms with Crippen LogP contribution in [0.1, 0.15) is 17.2 Å². The molecule has 2 aromatic rings. The summed E-state index contributed by atoms with van der Waals surface area (Å²) in [6, 6.07) is 5.92. The highest BCUT2D eigenvalue weighted by atomic mass is 19.1. The van der Waals surface area contributed by atoms with E-state index in [2.05, 4.69) is 0 Å². The fourth-order valence-corrected chi connectivity index (χ4v) is 1.47. The maximum Gasteiger partial charge on any atom is 0.133 e. The molecule has 16 heavy (non-hydrogen) atoms. The highest BCUT2D eigenvalue weighted by Crippen LogP contribution is 2.26. The molecule has 3 nitrogen and oxygen atoms in total. The van der Waals surface area contributed by atoms with Gasteiger partial charge in [-0.25, -0.2) is 4.39 Å². The van der Waals surface area contributed by atoms with Crippen LogP contribution in [-0.4, -0.2) is 12.2 Å². The lowest BCUT2D eigenvalue weighted by molar-refractivity contribution is 0.213. The van der Waals surface area contributed by atoms with Crippen LogP contribution in [0.3, 0.4) is 0 Å². The minimum atomic E-state index is -1.02. The zero-order valence-corrected chi connectivity index (χ0v) is 8.68. The largest absolute Gasteiger partial charge is 0.497 e. The van der Waals surface area contributed by atoms with Crippen molar-refractivity contribution in [3.8, 4) is 5.75 Å². The van der Waals surface area contributed by atoms with E-state index < -0.39 is 11.9 Å². The zero-order valence-electron chi connectivity index (χ0n) is 8.68. The van der Waals surface area contributed by atoms with Crippen LogP contribution in [0.5, 0.6) is 5.75 Å². The highest BCUT2D eigenvalue weighted by Gasteiger charge is 2.16. The number of aliphatic hydroxyl groups excluding tert-OH is 1. The number of rotatable bonds is 3. The minimum Gasteiger partial charge on any atom is -0.497 e. The molecule has 0 saturated carbocycles. The topological polar surface area (TPSA) is 42.6 Å². The average molecular weight is 222 g/mol. The average Bonchev–Trinajstić information content (AvgIpc) is 2.81. The molecule has 0 amide bonds. The van der Waals surface area contributed by atoms with Crippen LogP contribution in [0.2, 0.25) is 0 Å². The Morgan fingerprint density at radius 2 is 2.19 bits per heavy atom. The van der Waals surface area contributed by atoms with Crippen LogP contribution in [0.25, 0.3) is 0 Å². The third-order valence-electron chi connectivity index (χ3n) is 2.36. The van der Waals surface area contributed by atoms with Gasteiger partial charge in [-0.05, 0) is 18.2 Å². The van der Waals surface area contributed by atoms with Gasteiger partial charge in [0.1, 0.15) is 17.7 Å². The van der Waals surface area contributed by atoms with E-state index in [1.165, 1.54) is 31.8 Å². The number of furan rings is 1. The van der Waals surface area contributed by atoms with Crippen LogP contribution in [0.15, 0.2) is 41.2 Å². The van der Waals surface area contributed by atoms with Gasteiger partial charge in [0.15, 0.2) is 0 Å². The van der Waals surface area contributed by atoms with Crippen LogP contribution in [0.4, 0.5) is 4.39 Å². The van der Waals surface area contributed by atoms with Gasteiger partial charge in [0.05, 0.1) is 19.6 Å². The Balaban J connectivity index is 2.34. The van der Waals surface area contributed by atoms with Crippen molar-refractivity contribution < 1.29 is 18.7 Å². The molecule has 0 fully saturated rings. The third kappa shape index (κ3) is 1.92. The lowest BCUT2D eigenvalue weighted by atomic mass is 10.0. The van der Waals surface area contributed by atoms with Crippen molar-refractivity contribution in [3.05, 3.63) is 53.7 Å². The van der Waals surface area contributed by atoms with Gasteiger partial charge in [0.2, 0.25) is 0 Å². The van der Waals surface area contributed by atoms with Crippen molar-refractivity contribution in [1.29, 1.82) is 0 Å². The number of methoxy groups -OCH3 is 1. The highest BCUT2D eigenvalue weighted by molar-refractivity contribution is 5.34. The van der Waals surface area contributed by atoms with Crippen LogP contribution < -0.4 is 4.74 Å². The Hall–Kier alpha value is -1.81. The summed E-state index contributed by atoms with van der Waals surface area (Å²) in [5.41, 5.74) is 0.714. The molecule has 0 aliphatic heterocycles. The van der Waals surface area contributed by atoms with E-state index in [1.807, 2.05) is 0 Å². The molecular weight excluding hydrogens is 211 g/mol. The van der Waals surface area contributed by atoms with E-state index in [9.17, 15) is 9.50 Å². The molecule has 0 bridgehead atoms. The molecule has 84 valence electrons. The van der Waals surface area contributed by atoms with Crippen LogP contribution >= 0.6 is 0 Å². The molecule has 1 atom stereocenters. The Kier molecular flexibility index (Phi) is 2.92. The summed E-state index contributed by atoms with van der Waals surface area (Å²) in [5.74, 6) is -0.0892. The molecule has 1 unspecified atom stereocenters. The molecule has 4 heteroatoms. The number of hydrogen-bond donors (Lipinski definition) is 1.